The van der Waals surface area contributed by atoms with E-state index in [1.54, 1.807) is 38.1 Å². The average Bonchev–Trinajstić information content (AvgIpc) is 3.63. The summed E-state index contributed by atoms with van der Waals surface area (Å²) < 4.78 is 4.69. The normalized spacial score (nSPS) is 15.6. The lowest BCUT2D eigenvalue weighted by Crippen LogP contribution is -2.59. The minimum Gasteiger partial charge on any atom is -0.481 e. The van der Waals surface area contributed by atoms with Gasteiger partial charge in [0.1, 0.15) is 42.9 Å². The van der Waals surface area contributed by atoms with Crippen LogP contribution in [0.2, 0.25) is 0 Å². The summed E-state index contributed by atoms with van der Waals surface area (Å²) in [4.78, 5) is 176. The molecule has 0 aliphatic carbocycles. The monoisotopic (exact) mass is 1140 g/mol. The highest BCUT2D eigenvalue weighted by Gasteiger charge is 2.40. The number of carbonyl (C=O) groups is 14. The van der Waals surface area contributed by atoms with E-state index in [1.165, 1.54) is 6.92 Å². The van der Waals surface area contributed by atoms with Gasteiger partial charge in [0.2, 0.25) is 53.2 Å². The highest BCUT2D eigenvalue weighted by Crippen LogP contribution is 2.26. The van der Waals surface area contributed by atoms with Crippen LogP contribution in [0.3, 0.4) is 0 Å². The summed E-state index contributed by atoms with van der Waals surface area (Å²) in [7, 11) is 0. The number of amides is 9. The molecule has 9 amide bonds. The van der Waals surface area contributed by atoms with Crippen LogP contribution in [0.4, 0.5) is 5.69 Å². The number of carboxylic acid groups (broad SMARTS) is 4. The number of thioether (sulfide) groups is 1. The first-order valence-corrected chi connectivity index (χ1v) is 25.6. The molecule has 0 spiro atoms. The van der Waals surface area contributed by atoms with Crippen molar-refractivity contribution in [1.82, 2.24) is 42.1 Å². The van der Waals surface area contributed by atoms with Gasteiger partial charge in [0.25, 0.3) is 6.47 Å². The fourth-order valence-electron chi connectivity index (χ4n) is 7.29. The molecule has 0 aromatic heterocycles. The number of nitrogens with zero attached hydrogens (tertiary/aromatic N) is 1. The summed E-state index contributed by atoms with van der Waals surface area (Å²) in [6.07, 6.45) is -2.93. The van der Waals surface area contributed by atoms with E-state index in [-0.39, 0.29) is 57.7 Å². The van der Waals surface area contributed by atoms with Gasteiger partial charge in [-0.15, -0.1) is 11.8 Å². The molecule has 1 saturated heterocycles. The molecule has 2 rings (SSSR count). The molecule has 1 fully saturated rings. The lowest BCUT2D eigenvalue weighted by molar-refractivity contribution is -0.144. The average molecular weight is 1140 g/mol. The van der Waals surface area contributed by atoms with Gasteiger partial charge in [0, 0.05) is 37.4 Å². The van der Waals surface area contributed by atoms with Gasteiger partial charge in [-0.25, -0.2) is 4.79 Å². The van der Waals surface area contributed by atoms with Crippen LogP contribution in [0.25, 0.3) is 0 Å². The smallest absolute Gasteiger partial charge is 0.327 e. The van der Waals surface area contributed by atoms with Gasteiger partial charge in [-0.3, -0.25) is 72.6 Å². The summed E-state index contributed by atoms with van der Waals surface area (Å²) in [6.45, 7) is 5.16. The predicted octanol–water partition coefficient (Wildman–Crippen LogP) is -3.60. The second-order valence-electron chi connectivity index (χ2n) is 18.3. The Morgan fingerprint density at radius 1 is 0.722 bits per heavy atom. The van der Waals surface area contributed by atoms with Gasteiger partial charge in [-0.2, -0.15) is 0 Å². The molecule has 1 aliphatic rings. The second kappa shape index (κ2) is 33.7. The molecule has 1 aromatic rings. The van der Waals surface area contributed by atoms with Crippen molar-refractivity contribution in [1.29, 1.82) is 5.41 Å². The van der Waals surface area contributed by atoms with Crippen molar-refractivity contribution in [2.75, 3.05) is 24.2 Å². The summed E-state index contributed by atoms with van der Waals surface area (Å²) >= 11 is 0.689. The first-order valence-electron chi connectivity index (χ1n) is 24.6. The minimum atomic E-state index is -2.09. The number of anilines is 1. The largest absolute Gasteiger partial charge is 0.481 e. The van der Waals surface area contributed by atoms with E-state index in [0.29, 0.717) is 42.3 Å². The summed E-state index contributed by atoms with van der Waals surface area (Å²) in [5, 5.41) is 62.9. The molecule has 31 nitrogen and oxygen atoms in total. The van der Waals surface area contributed by atoms with Crippen molar-refractivity contribution in [2.45, 2.75) is 139 Å². The molecule has 1 heterocycles. The Morgan fingerprint density at radius 3 is 1.81 bits per heavy atom. The molecule has 79 heavy (non-hydrogen) atoms. The standard InChI is InChI=1S/C47H68N12O19S/c1-23(2)38(44(74)52-24(3)39(69)53-26-12-10-25(11-13-26)20-78-22-60)58-33(61)9-5-4-6-15-59-34(62)19-32(45(59)75)79-21-31(46(76)77)57-43(73)30(18-37(67)68)56-42(72)29(17-36(65)66)55-41(71)28(8-7-14-51-47(49)50)54-40(70)27(48)16-35(63)64/h10-13,22-24,27-32,38H,4-9,14-21,48H2,1-3H3,(H,52,74)(H,53,69)(H,54,70)(H,55,71)(H,56,72)(H,57,73)(H,58,61)(H,63,64)(H,65,66)(H,67,68)(H,76,77)(H4,49,50,51)/t24-,27-,28-,29-,30-,31-,32?,38-/m0/s1. The molecule has 1 aliphatic heterocycles. The molecule has 0 bridgehead atoms. The Labute approximate surface area is 456 Å². The fourth-order valence-corrected chi connectivity index (χ4v) is 8.47. The van der Waals surface area contributed by atoms with Gasteiger partial charge < -0.3 is 79.2 Å². The molecule has 0 radical (unpaired) electrons. The first kappa shape index (κ1) is 66.7. The van der Waals surface area contributed by atoms with Gasteiger partial charge in [-0.05, 0) is 56.2 Å². The molecule has 1 aromatic carbocycles. The van der Waals surface area contributed by atoms with Crippen LogP contribution < -0.4 is 54.0 Å². The van der Waals surface area contributed by atoms with Gasteiger partial charge in [0.05, 0.1) is 30.6 Å². The maximum absolute atomic E-state index is 13.4. The number of ether oxygens (including phenoxy) is 1. The number of imide groups is 1. The van der Waals surface area contributed by atoms with Crippen molar-refractivity contribution in [3.05, 3.63) is 29.8 Å². The molecule has 17 N–H and O–H groups in total. The van der Waals surface area contributed by atoms with E-state index in [0.717, 1.165) is 4.90 Å². The number of carboxylic acids is 4. The quantitative estimate of drug-likeness (QED) is 0.0101. The molecule has 436 valence electrons. The molecule has 8 atom stereocenters. The zero-order valence-electron chi connectivity index (χ0n) is 43.4. The predicted molar refractivity (Wildman–Crippen MR) is 276 cm³/mol. The maximum atomic E-state index is 13.4. The van der Waals surface area contributed by atoms with Crippen LogP contribution in [0.15, 0.2) is 24.3 Å². The molecule has 1 unspecified atom stereocenters. The Balaban J connectivity index is 1.99. The third kappa shape index (κ3) is 24.6. The Bertz CT molecular complexity index is 2410. The molecular weight excluding hydrogens is 1070 g/mol. The van der Waals surface area contributed by atoms with E-state index in [2.05, 4.69) is 37.2 Å². The van der Waals surface area contributed by atoms with Crippen molar-refractivity contribution in [3.8, 4) is 0 Å². The Morgan fingerprint density at radius 2 is 1.28 bits per heavy atom. The van der Waals surface area contributed by atoms with E-state index in [1.807, 2.05) is 5.32 Å². The summed E-state index contributed by atoms with van der Waals surface area (Å²) in [6, 6.07) is -4.76. The lowest BCUT2D eigenvalue weighted by atomic mass is 10.0. The maximum Gasteiger partial charge on any atom is 0.327 e. The SMILES string of the molecule is CC(C)[C@H](NC(=O)CCCCCN1C(=O)CC(SC[C@H](NC(=O)[C@H](CC(=O)O)NC(=O)[C@H](CC(=O)O)NC(=O)[C@H](CCCNC(=N)N)NC(=O)[C@@H](N)CC(=O)O)C(=O)O)C1=O)C(=O)N[C@@H](C)C(=O)Nc1ccc(COC=O)cc1. The number of guanidine groups is 1. The third-order valence-electron chi connectivity index (χ3n) is 11.5. The van der Waals surface area contributed by atoms with Crippen LogP contribution >= 0.6 is 11.8 Å². The highest BCUT2D eigenvalue weighted by atomic mass is 32.2. The molecule has 0 saturated carbocycles. The van der Waals surface area contributed by atoms with Crippen LogP contribution in [0.5, 0.6) is 0 Å². The zero-order valence-corrected chi connectivity index (χ0v) is 44.2. The third-order valence-corrected chi connectivity index (χ3v) is 12.8. The number of rotatable bonds is 37. The van der Waals surface area contributed by atoms with Crippen LogP contribution in [0, 0.1) is 11.3 Å². The minimum absolute atomic E-state index is 0.0135. The Kier molecular flexibility index (Phi) is 28.4. The molecule has 32 heteroatoms. The van der Waals surface area contributed by atoms with Crippen molar-refractivity contribution in [3.63, 3.8) is 0 Å². The van der Waals surface area contributed by atoms with Crippen LogP contribution in [-0.2, 0) is 78.5 Å². The number of nitrogens with one attached hydrogen (secondary N) is 9. The number of hydrogen-bond acceptors (Lipinski definition) is 18. The number of hydrogen-bond donors (Lipinski definition) is 15. The fraction of sp³-hybridized carbons (Fsp3) is 0.553. The number of nitrogens with two attached hydrogens (primary N) is 2. The number of benzene rings is 1. The summed E-state index contributed by atoms with van der Waals surface area (Å²) in [5.74, 6) is -15.9. The topological polar surface area (TPSA) is 504 Å². The van der Waals surface area contributed by atoms with Gasteiger partial charge in [0.15, 0.2) is 5.96 Å². The van der Waals surface area contributed by atoms with Gasteiger partial charge in [-0.1, -0.05) is 32.4 Å². The van der Waals surface area contributed by atoms with E-state index in [9.17, 15) is 82.4 Å². The van der Waals surface area contributed by atoms with Crippen molar-refractivity contribution in [2.24, 2.45) is 17.4 Å². The highest BCUT2D eigenvalue weighted by molar-refractivity contribution is 8.00. The van der Waals surface area contributed by atoms with Crippen molar-refractivity contribution >= 4 is 107 Å². The van der Waals surface area contributed by atoms with E-state index in [4.69, 9.17) is 26.7 Å². The number of likely N-dealkylation sites (tertiary alicyclic amines) is 1. The van der Waals surface area contributed by atoms with Crippen LogP contribution in [0.1, 0.15) is 90.5 Å². The van der Waals surface area contributed by atoms with Crippen LogP contribution in [-0.4, -0.2) is 181 Å². The number of carbonyl (C=O) groups excluding carboxylic acids is 10. The number of aliphatic carboxylic acids is 4. The zero-order chi connectivity index (χ0) is 59.5. The first-order chi connectivity index (χ1) is 37.1. The van der Waals surface area contributed by atoms with E-state index >= 15 is 0 Å². The van der Waals surface area contributed by atoms with Gasteiger partial charge >= 0.3 is 23.9 Å². The summed E-state index contributed by atoms with van der Waals surface area (Å²) in [5.41, 5.74) is 12.0. The Hall–Kier alpha value is -8.42. The lowest BCUT2D eigenvalue weighted by Gasteiger charge is -2.25. The second-order valence-corrected chi connectivity index (χ2v) is 19.5. The molecular formula is C47H68N12O19S. The van der Waals surface area contributed by atoms with E-state index < -0.39 is 156 Å². The van der Waals surface area contributed by atoms with Crippen molar-refractivity contribution < 1.29 is 92.3 Å². The number of unbranched alkanes of at least 4 members (excludes halogenated alkanes) is 2.